The van der Waals surface area contributed by atoms with Gasteiger partial charge in [0.2, 0.25) is 0 Å². The van der Waals surface area contributed by atoms with Gasteiger partial charge in [0, 0.05) is 24.7 Å². The Balaban J connectivity index is 1.81. The van der Waals surface area contributed by atoms with Crippen LogP contribution in [0.25, 0.3) is 0 Å². The van der Waals surface area contributed by atoms with E-state index in [1.807, 2.05) is 6.07 Å². The molecule has 1 aromatic carbocycles. The first-order chi connectivity index (χ1) is 11.6. The van der Waals surface area contributed by atoms with Crippen LogP contribution in [0.1, 0.15) is 30.9 Å². The van der Waals surface area contributed by atoms with Crippen LogP contribution in [0.5, 0.6) is 11.5 Å². The van der Waals surface area contributed by atoms with Crippen LogP contribution in [0.4, 0.5) is 0 Å². The molecule has 2 saturated heterocycles. The predicted molar refractivity (Wildman–Crippen MR) is 96.7 cm³/mol. The van der Waals surface area contributed by atoms with Gasteiger partial charge in [-0.15, -0.1) is 0 Å². The summed E-state index contributed by atoms with van der Waals surface area (Å²) in [4.78, 5) is 4.72. The largest absolute Gasteiger partial charge is 0.493 e. The Labute approximate surface area is 145 Å². The number of nitrogens with two attached hydrogens (primary N) is 1. The van der Waals surface area contributed by atoms with Crippen LogP contribution in [0.2, 0.25) is 0 Å². The summed E-state index contributed by atoms with van der Waals surface area (Å²) in [6.45, 7) is 3.92. The highest BCUT2D eigenvalue weighted by atomic mass is 16.5. The summed E-state index contributed by atoms with van der Waals surface area (Å²) >= 11 is 0. The summed E-state index contributed by atoms with van der Waals surface area (Å²) in [7, 11) is 6.07. The van der Waals surface area contributed by atoms with Crippen LogP contribution in [-0.2, 0) is 0 Å². The van der Waals surface area contributed by atoms with Crippen LogP contribution in [0.15, 0.2) is 18.2 Å². The topological polar surface area (TPSA) is 51.0 Å². The molecule has 0 bridgehead atoms. The molecule has 3 unspecified atom stereocenters. The average molecular weight is 333 g/mol. The van der Waals surface area contributed by atoms with Crippen molar-refractivity contribution in [3.8, 4) is 11.5 Å². The molecule has 1 aromatic rings. The van der Waals surface area contributed by atoms with E-state index < -0.39 is 0 Å². The van der Waals surface area contributed by atoms with E-state index in [1.54, 1.807) is 7.11 Å². The van der Waals surface area contributed by atoms with Gasteiger partial charge in [-0.3, -0.25) is 4.90 Å². The Morgan fingerprint density at radius 1 is 1.25 bits per heavy atom. The van der Waals surface area contributed by atoms with E-state index in [0.717, 1.165) is 50.5 Å². The van der Waals surface area contributed by atoms with E-state index in [0.29, 0.717) is 12.0 Å². The highest BCUT2D eigenvalue weighted by Crippen LogP contribution is 2.42. The summed E-state index contributed by atoms with van der Waals surface area (Å²) in [6, 6.07) is 6.64. The maximum absolute atomic E-state index is 6.33. The Kier molecular flexibility index (Phi) is 5.64. The summed E-state index contributed by atoms with van der Waals surface area (Å²) < 4.78 is 12.1. The maximum atomic E-state index is 6.33. The quantitative estimate of drug-likeness (QED) is 0.894. The van der Waals surface area contributed by atoms with Gasteiger partial charge in [-0.25, -0.2) is 0 Å². The Morgan fingerprint density at radius 3 is 2.75 bits per heavy atom. The number of methoxy groups -OCH3 is 1. The van der Waals surface area contributed by atoms with Gasteiger partial charge in [0.25, 0.3) is 0 Å². The number of ether oxygens (including phenoxy) is 2. The zero-order valence-corrected chi connectivity index (χ0v) is 15.2. The van der Waals surface area contributed by atoms with Crippen LogP contribution in [0, 0.1) is 5.92 Å². The van der Waals surface area contributed by atoms with E-state index >= 15 is 0 Å². The fourth-order valence-electron chi connectivity index (χ4n) is 4.14. The molecule has 3 rings (SSSR count). The van der Waals surface area contributed by atoms with Crippen molar-refractivity contribution in [2.75, 3.05) is 47.4 Å². The number of hydrogen-bond donors (Lipinski definition) is 1. The monoisotopic (exact) mass is 333 g/mol. The molecule has 2 N–H and O–H groups in total. The fraction of sp³-hybridized carbons (Fsp3) is 0.684. The molecule has 0 saturated carbocycles. The fourth-order valence-corrected chi connectivity index (χ4v) is 4.14. The number of piperidine rings is 1. The molecule has 134 valence electrons. The summed E-state index contributed by atoms with van der Waals surface area (Å²) in [5.41, 5.74) is 7.11. The first-order valence-corrected chi connectivity index (χ1v) is 9.04. The normalized spacial score (nSPS) is 28.9. The molecule has 24 heavy (non-hydrogen) atoms. The van der Waals surface area contributed by atoms with E-state index in [9.17, 15) is 0 Å². The number of likely N-dealkylation sites (N-methyl/N-ethyl adjacent to an activating group) is 1. The third kappa shape index (κ3) is 3.68. The lowest BCUT2D eigenvalue weighted by atomic mass is 9.98. The van der Waals surface area contributed by atoms with Gasteiger partial charge in [-0.1, -0.05) is 12.1 Å². The second-order valence-electron chi connectivity index (χ2n) is 7.32. The predicted octanol–water partition coefficient (Wildman–Crippen LogP) is 2.12. The minimum absolute atomic E-state index is 0.242. The van der Waals surface area contributed by atoms with E-state index in [4.69, 9.17) is 15.2 Å². The van der Waals surface area contributed by atoms with Crippen LogP contribution in [0.3, 0.4) is 0 Å². The molecule has 0 amide bonds. The molecule has 2 aliphatic heterocycles. The van der Waals surface area contributed by atoms with Gasteiger partial charge in [-0.2, -0.15) is 0 Å². The van der Waals surface area contributed by atoms with Crippen LogP contribution in [-0.4, -0.2) is 63.3 Å². The number of rotatable bonds is 5. The van der Waals surface area contributed by atoms with Gasteiger partial charge in [0.15, 0.2) is 11.5 Å². The first-order valence-electron chi connectivity index (χ1n) is 9.04. The van der Waals surface area contributed by atoms with E-state index in [-0.39, 0.29) is 6.10 Å². The van der Waals surface area contributed by atoms with E-state index in [2.05, 4.69) is 36.0 Å². The SMILES string of the molecule is COc1c(OC2CCCN(C)C2)cccc1C1CC(CN)CN1C. The molecular weight excluding hydrogens is 302 g/mol. The first kappa shape index (κ1) is 17.5. The lowest BCUT2D eigenvalue weighted by molar-refractivity contribution is 0.101. The lowest BCUT2D eigenvalue weighted by Crippen LogP contribution is -2.38. The van der Waals surface area contributed by atoms with Crippen molar-refractivity contribution in [1.29, 1.82) is 0 Å². The number of nitrogens with zero attached hydrogens (tertiary/aromatic N) is 2. The van der Waals surface area contributed by atoms with Crippen molar-refractivity contribution < 1.29 is 9.47 Å². The number of hydrogen-bond acceptors (Lipinski definition) is 5. The van der Waals surface area contributed by atoms with Gasteiger partial charge in [-0.05, 0) is 58.4 Å². The molecule has 0 aromatic heterocycles. The second-order valence-corrected chi connectivity index (χ2v) is 7.32. The summed E-state index contributed by atoms with van der Waals surface area (Å²) in [6.07, 6.45) is 3.62. The summed E-state index contributed by atoms with van der Waals surface area (Å²) in [5, 5.41) is 0. The Hall–Kier alpha value is -1.30. The lowest BCUT2D eigenvalue weighted by Gasteiger charge is -2.31. The van der Waals surface area contributed by atoms with E-state index in [1.165, 1.54) is 12.0 Å². The van der Waals surface area contributed by atoms with Gasteiger partial charge < -0.3 is 20.1 Å². The maximum Gasteiger partial charge on any atom is 0.165 e. The Morgan fingerprint density at radius 2 is 2.08 bits per heavy atom. The number of para-hydroxylation sites is 1. The third-order valence-electron chi connectivity index (χ3n) is 5.42. The van der Waals surface area contributed by atoms with Crippen molar-refractivity contribution in [2.45, 2.75) is 31.4 Å². The molecule has 0 spiro atoms. The molecule has 2 heterocycles. The van der Waals surface area contributed by atoms with Crippen molar-refractivity contribution in [1.82, 2.24) is 9.80 Å². The van der Waals surface area contributed by atoms with Gasteiger partial charge in [0.1, 0.15) is 6.10 Å². The molecule has 0 radical (unpaired) electrons. The highest BCUT2D eigenvalue weighted by Gasteiger charge is 2.32. The summed E-state index contributed by atoms with van der Waals surface area (Å²) in [5.74, 6) is 2.32. The minimum atomic E-state index is 0.242. The smallest absolute Gasteiger partial charge is 0.165 e. The van der Waals surface area contributed by atoms with Gasteiger partial charge >= 0.3 is 0 Å². The zero-order chi connectivity index (χ0) is 17.1. The van der Waals surface area contributed by atoms with Crippen LogP contribution < -0.4 is 15.2 Å². The molecule has 2 aliphatic rings. The van der Waals surface area contributed by atoms with Crippen molar-refractivity contribution in [3.05, 3.63) is 23.8 Å². The molecule has 0 aliphatic carbocycles. The minimum Gasteiger partial charge on any atom is -0.493 e. The average Bonchev–Trinajstić information content (AvgIpc) is 2.95. The third-order valence-corrected chi connectivity index (χ3v) is 5.42. The van der Waals surface area contributed by atoms with Crippen molar-refractivity contribution >= 4 is 0 Å². The Bertz CT molecular complexity index is 551. The molecule has 5 nitrogen and oxygen atoms in total. The molecule has 3 atom stereocenters. The van der Waals surface area contributed by atoms with Gasteiger partial charge in [0.05, 0.1) is 7.11 Å². The molecule has 5 heteroatoms. The van der Waals surface area contributed by atoms with Crippen molar-refractivity contribution in [2.24, 2.45) is 11.7 Å². The highest BCUT2D eigenvalue weighted by molar-refractivity contribution is 5.48. The standard InChI is InChI=1S/C19H31N3O2/c1-21-9-5-6-15(13-21)24-18-8-4-7-16(19(18)23-3)17-10-14(11-20)12-22(17)2/h4,7-8,14-15,17H,5-6,9-13,20H2,1-3H3. The molecular formula is C19H31N3O2. The van der Waals surface area contributed by atoms with Crippen LogP contribution >= 0.6 is 0 Å². The zero-order valence-electron chi connectivity index (χ0n) is 15.2. The molecule has 2 fully saturated rings. The van der Waals surface area contributed by atoms with Crippen molar-refractivity contribution in [3.63, 3.8) is 0 Å². The second kappa shape index (κ2) is 7.72. The number of likely N-dealkylation sites (tertiary alicyclic amines) is 2. The number of benzene rings is 1.